The van der Waals surface area contributed by atoms with Gasteiger partial charge in [0, 0.05) is 5.56 Å². The van der Waals surface area contributed by atoms with E-state index in [0.29, 0.717) is 22.5 Å². The van der Waals surface area contributed by atoms with E-state index in [9.17, 15) is 9.59 Å². The Morgan fingerprint density at radius 3 is 2.20 bits per heavy atom. The summed E-state index contributed by atoms with van der Waals surface area (Å²) >= 11 is 0. The molecule has 3 aromatic rings. The van der Waals surface area contributed by atoms with Crippen LogP contribution in [0, 0.1) is 38.5 Å². The molecule has 45 heavy (non-hydrogen) atoms. The molecule has 1 aliphatic carbocycles. The molecule has 0 radical (unpaired) electrons. The number of methoxy groups -OCH3 is 1. The van der Waals surface area contributed by atoms with Crippen molar-refractivity contribution in [2.75, 3.05) is 7.11 Å². The molecule has 6 rings (SSSR count). The molecule has 0 saturated carbocycles. The van der Waals surface area contributed by atoms with Crippen molar-refractivity contribution < 1.29 is 19.8 Å². The predicted octanol–water partition coefficient (Wildman–Crippen LogP) is 4.27. The third-order valence-corrected chi connectivity index (χ3v) is 9.19. The first-order valence-electron chi connectivity index (χ1n) is 15.3. The molecule has 1 saturated heterocycles. The van der Waals surface area contributed by atoms with Crippen LogP contribution in [-0.2, 0) is 16.0 Å². The van der Waals surface area contributed by atoms with Crippen LogP contribution >= 0.6 is 0 Å². The molecular formula is C36H42MgN4O4-2. The standard InChI is InChI=1S/C34H35N4O3.C2H6.Mg.H2O/c1-9-19-15(4)22-12-24-17(6)21(11-3)31(37-24)29-30(34(40)41-8)33(39)28-18(7)25(38-32(28)29)14-27-20(10-2)16(5)23(36-27)13-26(19)35-22;1-2;;/h9,12-14,17,21,30H,1,10-11H2,2-8H3,(H-,37,38,39);1-2H3;;1H2/q-3;;+2;/p-1/b23-13-,24-12-,27-14-;;;/t17-,21-,30+;;;/m0.../s1. The topological polar surface area (TPSA) is 131 Å². The normalized spacial score (nSPS) is 23.4. The molecule has 2 aliphatic heterocycles. The molecule has 0 amide bonds. The third-order valence-electron chi connectivity index (χ3n) is 9.19. The molecule has 3 atom stereocenters. The molecule has 1 fully saturated rings. The molecule has 3 aliphatic rings. The van der Waals surface area contributed by atoms with Gasteiger partial charge in [0.1, 0.15) is 5.92 Å². The number of nitrogens with zero attached hydrogens (tertiary/aromatic N) is 4. The van der Waals surface area contributed by atoms with Crippen molar-refractivity contribution >= 4 is 64.7 Å². The van der Waals surface area contributed by atoms with E-state index in [4.69, 9.17) is 25.0 Å². The molecule has 234 valence electrons. The van der Waals surface area contributed by atoms with E-state index in [1.54, 1.807) is 0 Å². The van der Waals surface area contributed by atoms with Crippen LogP contribution in [0.2, 0.25) is 0 Å². The van der Waals surface area contributed by atoms with Crippen LogP contribution in [-0.4, -0.2) is 47.4 Å². The Kier molecular flexibility index (Phi) is 11.1. The molecule has 8 nitrogen and oxygen atoms in total. The largest absolute Gasteiger partial charge is 2.00 e. The zero-order valence-corrected chi connectivity index (χ0v) is 29.3. The van der Waals surface area contributed by atoms with Crippen molar-refractivity contribution in [3.8, 4) is 0 Å². The van der Waals surface area contributed by atoms with Crippen LogP contribution in [0.3, 0.4) is 0 Å². The van der Waals surface area contributed by atoms with E-state index < -0.39 is 11.9 Å². The Bertz CT molecular complexity index is 1850. The monoisotopic (exact) mass is 618 g/mol. The number of ether oxygens (including phenoxy) is 1. The zero-order valence-electron chi connectivity index (χ0n) is 27.9. The Labute approximate surface area is 281 Å². The number of esters is 1. The van der Waals surface area contributed by atoms with Crippen molar-refractivity contribution in [3.63, 3.8) is 0 Å². The fraction of sp³-hybridized carbons (Fsp3) is 0.389. The molecule has 5 heterocycles. The van der Waals surface area contributed by atoms with E-state index in [0.717, 1.165) is 74.1 Å². The van der Waals surface area contributed by atoms with Gasteiger partial charge in [-0.05, 0) is 44.6 Å². The van der Waals surface area contributed by atoms with Crippen molar-refractivity contribution in [2.24, 2.45) is 17.8 Å². The number of aromatic nitrogens is 3. The zero-order chi connectivity index (χ0) is 31.3. The summed E-state index contributed by atoms with van der Waals surface area (Å²) in [4.78, 5) is 42.0. The van der Waals surface area contributed by atoms with Gasteiger partial charge in [-0.15, -0.1) is 33.5 Å². The summed E-state index contributed by atoms with van der Waals surface area (Å²) in [6.07, 6.45) is 9.47. The van der Waals surface area contributed by atoms with Crippen molar-refractivity contribution in [2.45, 2.75) is 68.2 Å². The van der Waals surface area contributed by atoms with Crippen LogP contribution in [0.15, 0.2) is 18.0 Å². The number of rotatable bonds is 4. The smallest absolute Gasteiger partial charge is 0.664 e. The summed E-state index contributed by atoms with van der Waals surface area (Å²) in [5.41, 5.74) is 10.5. The molecule has 3 aromatic heterocycles. The second-order valence-electron chi connectivity index (χ2n) is 11.2. The average molecular weight is 619 g/mol. The Balaban J connectivity index is 0.00000135. The minimum atomic E-state index is -1.08. The number of fused-ring (bicyclic) bond motifs is 7. The van der Waals surface area contributed by atoms with E-state index in [-0.39, 0.29) is 46.1 Å². The fourth-order valence-electron chi connectivity index (χ4n) is 6.81. The summed E-state index contributed by atoms with van der Waals surface area (Å²) in [6.45, 7) is 20.5. The van der Waals surface area contributed by atoms with E-state index in [1.807, 2.05) is 52.0 Å². The maximum absolute atomic E-state index is 13.9. The summed E-state index contributed by atoms with van der Waals surface area (Å²) in [5.74, 6) is -1.87. The molecule has 0 unspecified atom stereocenters. The van der Waals surface area contributed by atoms with Gasteiger partial charge < -0.3 is 30.5 Å². The maximum Gasteiger partial charge on any atom is 2.00 e. The van der Waals surface area contributed by atoms with Gasteiger partial charge in [0.2, 0.25) is 0 Å². The number of ketones is 1. The first kappa shape index (κ1) is 35.9. The van der Waals surface area contributed by atoms with Crippen molar-refractivity contribution in [1.82, 2.24) is 15.0 Å². The van der Waals surface area contributed by atoms with Crippen LogP contribution in [0.25, 0.3) is 35.2 Å². The average Bonchev–Trinajstić information content (AvgIpc) is 3.74. The van der Waals surface area contributed by atoms with Crippen molar-refractivity contribution in [3.05, 3.63) is 90.1 Å². The number of carbonyl (C=O) groups excluding carboxylic acids is 2. The molecule has 2 N–H and O–H groups in total. The number of hydrogen-bond acceptors (Lipinski definition) is 3. The third kappa shape index (κ3) is 5.49. The van der Waals surface area contributed by atoms with E-state index in [2.05, 4.69) is 34.3 Å². The van der Waals surface area contributed by atoms with E-state index >= 15 is 0 Å². The molecule has 9 heteroatoms. The quantitative estimate of drug-likeness (QED) is 0.244. The maximum atomic E-state index is 13.9. The SMILES string of the molecule is C=Cc1c2[n-]c(c1C)/C=C1\[N-]/C(=C3\c4[n-]c(c(C)c4C(=O)[C@@H]3C(=O)OC)/C=c3\[n-]/c(c(C)c3CC)=C\2)[C@@H](CC)[C@@H]1C.CC.O.[Mg+2]. The van der Waals surface area contributed by atoms with Gasteiger partial charge in [-0.2, -0.15) is 11.4 Å². The van der Waals surface area contributed by atoms with Crippen LogP contribution in [0.1, 0.15) is 102 Å². The number of Topliss-reactive ketones (excluding diaryl/α,β-unsaturated/α-hetero) is 1. The molecule has 8 bridgehead atoms. The second kappa shape index (κ2) is 13.8. The first-order valence-corrected chi connectivity index (χ1v) is 15.3. The summed E-state index contributed by atoms with van der Waals surface area (Å²) < 4.78 is 5.14. The number of hydrogen-bond donors (Lipinski definition) is 0. The van der Waals surface area contributed by atoms with Gasteiger partial charge in [-0.3, -0.25) is 9.59 Å². The predicted molar refractivity (Wildman–Crippen MR) is 181 cm³/mol. The Morgan fingerprint density at radius 2 is 1.60 bits per heavy atom. The Morgan fingerprint density at radius 1 is 0.956 bits per heavy atom. The van der Waals surface area contributed by atoms with Gasteiger partial charge in [-0.25, -0.2) is 0 Å². The summed E-state index contributed by atoms with van der Waals surface area (Å²) in [5, 5.41) is 6.80. The second-order valence-corrected chi connectivity index (χ2v) is 11.2. The minimum Gasteiger partial charge on any atom is -0.664 e. The van der Waals surface area contributed by atoms with Crippen molar-refractivity contribution in [1.29, 1.82) is 0 Å². The molecule has 0 aromatic carbocycles. The fourth-order valence-corrected chi connectivity index (χ4v) is 6.81. The number of allylic oxidation sites excluding steroid dienone is 2. The molecule has 0 spiro atoms. The minimum absolute atomic E-state index is 0. The molecular weight excluding hydrogens is 577 g/mol. The number of carbonyl (C=O) groups is 2. The Hall–Kier alpha value is -3.53. The van der Waals surface area contributed by atoms with Crippen LogP contribution < -0.4 is 25.7 Å². The summed E-state index contributed by atoms with van der Waals surface area (Å²) in [7, 11) is 1.32. The van der Waals surface area contributed by atoms with Gasteiger partial charge >= 0.3 is 29.0 Å². The van der Waals surface area contributed by atoms with Gasteiger partial charge in [-0.1, -0.05) is 99.7 Å². The van der Waals surface area contributed by atoms with Gasteiger partial charge in [0.25, 0.3) is 0 Å². The van der Waals surface area contributed by atoms with Crippen LogP contribution in [0.4, 0.5) is 0 Å². The van der Waals surface area contributed by atoms with Gasteiger partial charge in [0.15, 0.2) is 5.78 Å². The summed E-state index contributed by atoms with van der Waals surface area (Å²) in [6, 6.07) is 0. The van der Waals surface area contributed by atoms with E-state index in [1.165, 1.54) is 7.11 Å². The van der Waals surface area contributed by atoms with Crippen LogP contribution in [0.5, 0.6) is 0 Å². The van der Waals surface area contributed by atoms with Gasteiger partial charge in [0.05, 0.1) is 7.11 Å². The first-order chi connectivity index (χ1) is 20.6.